The minimum absolute atomic E-state index is 0.126. The summed E-state index contributed by atoms with van der Waals surface area (Å²) in [6.45, 7) is 3.67. The van der Waals surface area contributed by atoms with E-state index in [0.717, 1.165) is 0 Å². The molecule has 1 aliphatic rings. The van der Waals surface area contributed by atoms with Crippen molar-refractivity contribution in [2.45, 2.75) is 32.7 Å². The first-order valence-corrected chi connectivity index (χ1v) is 6.55. The van der Waals surface area contributed by atoms with E-state index in [9.17, 15) is 14.4 Å². The molecule has 1 aliphatic carbocycles. The summed E-state index contributed by atoms with van der Waals surface area (Å²) in [6.07, 6.45) is 2.89. The standard InChI is InChI=1S/C13H19NO6/c1-3-18-12(16)14-10-8-6-5-7-9(10)11(15)20-13(17)19-4-2/h5-6,9-10H,3-4,7-8H2,1-2H3,(H,14,16)/t9-,10+/m1/s1. The van der Waals surface area contributed by atoms with Crippen molar-refractivity contribution < 1.29 is 28.6 Å². The number of carbonyl (C=O) groups excluding carboxylic acids is 3. The normalized spacial score (nSPS) is 20.9. The molecule has 0 aliphatic heterocycles. The van der Waals surface area contributed by atoms with Gasteiger partial charge in [-0.25, -0.2) is 9.59 Å². The Kier molecular flexibility index (Phi) is 6.55. The monoisotopic (exact) mass is 285 g/mol. The lowest BCUT2D eigenvalue weighted by Crippen LogP contribution is -2.45. The van der Waals surface area contributed by atoms with Gasteiger partial charge in [0.1, 0.15) is 0 Å². The highest BCUT2D eigenvalue weighted by atomic mass is 16.7. The van der Waals surface area contributed by atoms with Crippen molar-refractivity contribution in [3.8, 4) is 0 Å². The van der Waals surface area contributed by atoms with Gasteiger partial charge in [0.15, 0.2) is 0 Å². The molecule has 0 saturated carbocycles. The maximum Gasteiger partial charge on any atom is 0.516 e. The number of hydrogen-bond acceptors (Lipinski definition) is 6. The highest BCUT2D eigenvalue weighted by Gasteiger charge is 2.33. The first-order valence-electron chi connectivity index (χ1n) is 6.55. The minimum atomic E-state index is -1.03. The zero-order valence-corrected chi connectivity index (χ0v) is 11.6. The predicted molar refractivity (Wildman–Crippen MR) is 68.9 cm³/mol. The summed E-state index contributed by atoms with van der Waals surface area (Å²) >= 11 is 0. The topological polar surface area (TPSA) is 90.9 Å². The predicted octanol–water partition coefficient (Wildman–Crippen LogP) is 1.77. The third kappa shape index (κ3) is 4.91. The molecular formula is C13H19NO6. The Hall–Kier alpha value is -2.05. The van der Waals surface area contributed by atoms with E-state index in [1.54, 1.807) is 19.9 Å². The number of nitrogens with one attached hydrogen (secondary N) is 1. The van der Waals surface area contributed by atoms with Crippen molar-refractivity contribution >= 4 is 18.2 Å². The molecule has 0 aromatic heterocycles. The third-order valence-corrected chi connectivity index (χ3v) is 2.76. The van der Waals surface area contributed by atoms with Crippen molar-refractivity contribution in [3.63, 3.8) is 0 Å². The molecule has 0 spiro atoms. The van der Waals surface area contributed by atoms with Gasteiger partial charge in [0.05, 0.1) is 19.1 Å². The second-order valence-electron chi connectivity index (χ2n) is 4.12. The van der Waals surface area contributed by atoms with Crippen LogP contribution in [0.1, 0.15) is 26.7 Å². The fraction of sp³-hybridized carbons (Fsp3) is 0.615. The third-order valence-electron chi connectivity index (χ3n) is 2.76. The van der Waals surface area contributed by atoms with E-state index in [1.165, 1.54) is 0 Å². The Balaban J connectivity index is 2.59. The number of rotatable bonds is 4. The fourth-order valence-electron chi connectivity index (χ4n) is 1.86. The van der Waals surface area contributed by atoms with Crippen LogP contribution in [-0.4, -0.2) is 37.5 Å². The van der Waals surface area contributed by atoms with E-state index in [-0.39, 0.29) is 13.2 Å². The summed E-state index contributed by atoms with van der Waals surface area (Å²) in [7, 11) is 0. The molecule has 2 atom stereocenters. The average Bonchev–Trinajstić information content (AvgIpc) is 2.39. The zero-order valence-electron chi connectivity index (χ0n) is 11.6. The van der Waals surface area contributed by atoms with Gasteiger partial charge in [-0.2, -0.15) is 0 Å². The number of amides is 1. The van der Waals surface area contributed by atoms with Gasteiger partial charge in [0.2, 0.25) is 0 Å². The second-order valence-corrected chi connectivity index (χ2v) is 4.12. The zero-order chi connectivity index (χ0) is 15.0. The summed E-state index contributed by atoms with van der Waals surface area (Å²) in [6, 6.07) is -0.457. The van der Waals surface area contributed by atoms with Crippen molar-refractivity contribution in [1.82, 2.24) is 5.32 Å². The molecule has 0 aromatic rings. The summed E-state index contributed by atoms with van der Waals surface area (Å²) < 4.78 is 13.9. The van der Waals surface area contributed by atoms with Crippen LogP contribution >= 0.6 is 0 Å². The van der Waals surface area contributed by atoms with E-state index in [0.29, 0.717) is 12.8 Å². The van der Waals surface area contributed by atoms with Crippen molar-refractivity contribution in [2.75, 3.05) is 13.2 Å². The molecule has 112 valence electrons. The molecular weight excluding hydrogens is 266 g/mol. The van der Waals surface area contributed by atoms with Crippen molar-refractivity contribution in [1.29, 1.82) is 0 Å². The van der Waals surface area contributed by atoms with E-state index in [1.807, 2.05) is 6.08 Å². The van der Waals surface area contributed by atoms with Gasteiger partial charge in [0, 0.05) is 6.04 Å². The van der Waals surface area contributed by atoms with Gasteiger partial charge in [0.25, 0.3) is 0 Å². The summed E-state index contributed by atoms with van der Waals surface area (Å²) in [5, 5.41) is 2.59. The number of ether oxygens (including phenoxy) is 3. The molecule has 0 aromatic carbocycles. The van der Waals surface area contributed by atoms with Crippen LogP contribution in [0.25, 0.3) is 0 Å². The molecule has 1 amide bonds. The van der Waals surface area contributed by atoms with E-state index in [4.69, 9.17) is 4.74 Å². The molecule has 0 radical (unpaired) electrons. The van der Waals surface area contributed by atoms with Gasteiger partial charge < -0.3 is 19.5 Å². The molecule has 0 saturated heterocycles. The summed E-state index contributed by atoms with van der Waals surface area (Å²) in [5.74, 6) is -1.34. The van der Waals surface area contributed by atoms with Crippen LogP contribution in [-0.2, 0) is 19.0 Å². The first-order chi connectivity index (χ1) is 9.58. The molecule has 0 heterocycles. The van der Waals surface area contributed by atoms with Crippen LogP contribution in [0.5, 0.6) is 0 Å². The van der Waals surface area contributed by atoms with E-state index in [2.05, 4.69) is 14.8 Å². The number of allylic oxidation sites excluding steroid dienone is 1. The Bertz CT molecular complexity index is 392. The number of carbonyl (C=O) groups is 3. The molecule has 20 heavy (non-hydrogen) atoms. The molecule has 0 bridgehead atoms. The summed E-state index contributed by atoms with van der Waals surface area (Å²) in [4.78, 5) is 34.4. The summed E-state index contributed by atoms with van der Waals surface area (Å²) in [5.41, 5.74) is 0. The molecule has 7 heteroatoms. The van der Waals surface area contributed by atoms with Crippen LogP contribution in [0, 0.1) is 5.92 Å². The smallest absolute Gasteiger partial charge is 0.450 e. The minimum Gasteiger partial charge on any atom is -0.450 e. The van der Waals surface area contributed by atoms with Crippen LogP contribution in [0.15, 0.2) is 12.2 Å². The van der Waals surface area contributed by atoms with Gasteiger partial charge >= 0.3 is 18.2 Å². The molecule has 7 nitrogen and oxygen atoms in total. The van der Waals surface area contributed by atoms with Gasteiger partial charge in [-0.05, 0) is 26.7 Å². The lowest BCUT2D eigenvalue weighted by atomic mass is 9.89. The van der Waals surface area contributed by atoms with Gasteiger partial charge in [-0.15, -0.1) is 0 Å². The number of hydrogen-bond donors (Lipinski definition) is 1. The SMILES string of the molecule is CCOC(=O)N[C@H]1CC=CC[C@H]1C(=O)OC(=O)OCC. The van der Waals surface area contributed by atoms with Crippen LogP contribution in [0.4, 0.5) is 9.59 Å². The largest absolute Gasteiger partial charge is 0.516 e. The van der Waals surface area contributed by atoms with Gasteiger partial charge in [-0.3, -0.25) is 4.79 Å². The Morgan fingerprint density at radius 1 is 1.10 bits per heavy atom. The fourth-order valence-corrected chi connectivity index (χ4v) is 1.86. The molecule has 1 rings (SSSR count). The van der Waals surface area contributed by atoms with E-state index < -0.39 is 30.2 Å². The highest BCUT2D eigenvalue weighted by Crippen LogP contribution is 2.21. The maximum absolute atomic E-state index is 11.9. The van der Waals surface area contributed by atoms with E-state index >= 15 is 0 Å². The second kappa shape index (κ2) is 8.19. The average molecular weight is 285 g/mol. The first kappa shape index (κ1) is 16.0. The maximum atomic E-state index is 11.9. The molecule has 0 unspecified atom stereocenters. The Labute approximate surface area is 117 Å². The van der Waals surface area contributed by atoms with Crippen molar-refractivity contribution in [2.24, 2.45) is 5.92 Å². The quantitative estimate of drug-likeness (QED) is 0.481. The van der Waals surface area contributed by atoms with Gasteiger partial charge in [-0.1, -0.05) is 12.2 Å². The van der Waals surface area contributed by atoms with Crippen LogP contribution < -0.4 is 5.32 Å². The highest BCUT2D eigenvalue weighted by molar-refractivity contribution is 5.84. The lowest BCUT2D eigenvalue weighted by Gasteiger charge is -2.26. The Morgan fingerprint density at radius 2 is 1.75 bits per heavy atom. The van der Waals surface area contributed by atoms with Crippen LogP contribution in [0.3, 0.4) is 0 Å². The number of alkyl carbamates (subject to hydrolysis) is 1. The number of esters is 1. The molecule has 1 N–H and O–H groups in total. The Morgan fingerprint density at radius 3 is 2.40 bits per heavy atom. The van der Waals surface area contributed by atoms with Crippen LogP contribution in [0.2, 0.25) is 0 Å². The lowest BCUT2D eigenvalue weighted by molar-refractivity contribution is -0.145. The van der Waals surface area contributed by atoms with Crippen molar-refractivity contribution in [3.05, 3.63) is 12.2 Å². The molecule has 0 fully saturated rings.